The molecular formula is C44H44N4O5. The van der Waals surface area contributed by atoms with Crippen LogP contribution in [0.5, 0.6) is 0 Å². The number of nitrogens with one attached hydrogen (secondary N) is 3. The molecule has 1 aliphatic rings. The number of carbonyl (C=O) groups is 4. The minimum atomic E-state index is -0.919. The van der Waals surface area contributed by atoms with Crippen molar-refractivity contribution in [3.63, 3.8) is 0 Å². The Morgan fingerprint density at radius 3 is 2.13 bits per heavy atom. The molecule has 0 fully saturated rings. The Labute approximate surface area is 310 Å². The molecule has 0 radical (unpaired) electrons. The van der Waals surface area contributed by atoms with E-state index in [0.29, 0.717) is 31.5 Å². The van der Waals surface area contributed by atoms with Crippen LogP contribution in [0.25, 0.3) is 11.1 Å². The number of carbonyl (C=O) groups excluding carboxylic acids is 4. The fourth-order valence-corrected chi connectivity index (χ4v) is 6.52. The fourth-order valence-electron chi connectivity index (χ4n) is 6.52. The molecule has 0 aliphatic carbocycles. The van der Waals surface area contributed by atoms with Crippen LogP contribution >= 0.6 is 0 Å². The van der Waals surface area contributed by atoms with Gasteiger partial charge >= 0.3 is 6.09 Å². The van der Waals surface area contributed by atoms with E-state index >= 15 is 0 Å². The molecule has 9 heteroatoms. The SMILES string of the molecule is CC(C)(CC(=O)N[C@@H]1CCc2ccccc2N(Cc2ccc(-c3ccccc3C(=O)NCc3ccccc3)cc2)C1=O)NC(=O)OCc1ccccc1. The summed E-state index contributed by atoms with van der Waals surface area (Å²) >= 11 is 0. The Kier molecular flexibility index (Phi) is 11.6. The molecule has 5 aromatic rings. The van der Waals surface area contributed by atoms with Crippen LogP contribution < -0.4 is 20.9 Å². The molecule has 0 saturated carbocycles. The number of aryl methyl sites for hydroxylation is 1. The van der Waals surface area contributed by atoms with Gasteiger partial charge in [0.2, 0.25) is 11.8 Å². The monoisotopic (exact) mass is 708 g/mol. The number of hydrogen-bond acceptors (Lipinski definition) is 5. The molecule has 53 heavy (non-hydrogen) atoms. The number of ether oxygens (including phenoxy) is 1. The number of rotatable bonds is 12. The van der Waals surface area contributed by atoms with Gasteiger partial charge in [-0.25, -0.2) is 4.79 Å². The second-order valence-corrected chi connectivity index (χ2v) is 13.9. The molecule has 270 valence electrons. The van der Waals surface area contributed by atoms with Crippen LogP contribution in [0.2, 0.25) is 0 Å². The topological polar surface area (TPSA) is 117 Å². The van der Waals surface area contributed by atoms with Gasteiger partial charge in [0.15, 0.2) is 0 Å². The van der Waals surface area contributed by atoms with E-state index < -0.39 is 17.7 Å². The van der Waals surface area contributed by atoms with Crippen molar-refractivity contribution in [2.24, 2.45) is 0 Å². The quantitative estimate of drug-likeness (QED) is 0.125. The molecule has 6 rings (SSSR count). The van der Waals surface area contributed by atoms with E-state index in [1.54, 1.807) is 18.7 Å². The molecule has 0 saturated heterocycles. The van der Waals surface area contributed by atoms with Crippen LogP contribution in [0.1, 0.15) is 59.3 Å². The second kappa shape index (κ2) is 16.9. The molecule has 1 aliphatic heterocycles. The van der Waals surface area contributed by atoms with Crippen molar-refractivity contribution in [3.05, 3.63) is 161 Å². The van der Waals surface area contributed by atoms with Crippen molar-refractivity contribution in [1.82, 2.24) is 16.0 Å². The average molecular weight is 709 g/mol. The van der Waals surface area contributed by atoms with E-state index in [9.17, 15) is 19.2 Å². The highest BCUT2D eigenvalue weighted by Crippen LogP contribution is 2.30. The standard InChI is InChI=1S/C44H44N4O5/c1-44(2,47-43(52)53-30-33-15-7-4-8-16-33)27-40(49)46-38-26-25-35-17-9-12-20-39(35)48(42(38)51)29-32-21-23-34(24-22-32)36-18-10-11-19-37(36)41(50)45-28-31-13-5-3-6-14-31/h3-24,38H,25-30H2,1-2H3,(H,45,50)(H,46,49)(H,47,52)/t38-/m1/s1. The lowest BCUT2D eigenvalue weighted by molar-refractivity contribution is -0.128. The number of benzene rings is 5. The van der Waals surface area contributed by atoms with Gasteiger partial charge < -0.3 is 25.6 Å². The van der Waals surface area contributed by atoms with Crippen LogP contribution in [0, 0.1) is 0 Å². The summed E-state index contributed by atoms with van der Waals surface area (Å²) in [6, 6.07) is 41.6. The fraction of sp³-hybridized carbons (Fsp3) is 0.227. The van der Waals surface area contributed by atoms with Crippen molar-refractivity contribution in [2.45, 2.75) is 64.4 Å². The van der Waals surface area contributed by atoms with E-state index in [4.69, 9.17) is 4.74 Å². The molecular weight excluding hydrogens is 665 g/mol. The summed E-state index contributed by atoms with van der Waals surface area (Å²) in [5, 5.41) is 8.75. The first-order valence-corrected chi connectivity index (χ1v) is 17.8. The van der Waals surface area contributed by atoms with Crippen molar-refractivity contribution < 1.29 is 23.9 Å². The number of alkyl carbamates (subject to hydrolysis) is 1. The Morgan fingerprint density at radius 1 is 0.755 bits per heavy atom. The molecule has 0 aromatic heterocycles. The van der Waals surface area contributed by atoms with Gasteiger partial charge in [-0.15, -0.1) is 0 Å². The minimum Gasteiger partial charge on any atom is -0.445 e. The number of anilines is 1. The number of nitrogens with zero attached hydrogens (tertiary/aromatic N) is 1. The Bertz CT molecular complexity index is 2050. The number of amides is 4. The zero-order valence-corrected chi connectivity index (χ0v) is 30.0. The smallest absolute Gasteiger partial charge is 0.407 e. The van der Waals surface area contributed by atoms with E-state index in [-0.39, 0.29) is 30.7 Å². The predicted molar refractivity (Wildman–Crippen MR) is 206 cm³/mol. The van der Waals surface area contributed by atoms with E-state index in [0.717, 1.165) is 39.1 Å². The molecule has 0 bridgehead atoms. The zero-order chi connectivity index (χ0) is 37.2. The normalized spacial score (nSPS) is 14.0. The van der Waals surface area contributed by atoms with E-state index in [2.05, 4.69) is 16.0 Å². The van der Waals surface area contributed by atoms with Gasteiger partial charge in [-0.3, -0.25) is 14.4 Å². The molecule has 0 unspecified atom stereocenters. The second-order valence-electron chi connectivity index (χ2n) is 13.9. The van der Waals surface area contributed by atoms with Crippen molar-refractivity contribution in [2.75, 3.05) is 4.90 Å². The van der Waals surface area contributed by atoms with Gasteiger partial charge in [-0.05, 0) is 72.2 Å². The third kappa shape index (κ3) is 9.77. The lowest BCUT2D eigenvalue weighted by Gasteiger charge is -2.28. The summed E-state index contributed by atoms with van der Waals surface area (Å²) in [6.07, 6.45) is 0.378. The van der Waals surface area contributed by atoms with Gasteiger partial charge in [-0.1, -0.05) is 121 Å². The number of para-hydroxylation sites is 1. The molecule has 1 atom stereocenters. The molecule has 5 aromatic carbocycles. The first-order valence-electron chi connectivity index (χ1n) is 17.8. The first-order chi connectivity index (χ1) is 25.6. The van der Waals surface area contributed by atoms with Crippen LogP contribution in [0.15, 0.2) is 133 Å². The van der Waals surface area contributed by atoms with Gasteiger partial charge in [0.05, 0.1) is 6.54 Å². The summed E-state index contributed by atoms with van der Waals surface area (Å²) in [4.78, 5) is 55.0. The van der Waals surface area contributed by atoms with Gasteiger partial charge in [0.1, 0.15) is 12.6 Å². The van der Waals surface area contributed by atoms with E-state index in [1.165, 1.54) is 0 Å². The van der Waals surface area contributed by atoms with Crippen LogP contribution in [0.3, 0.4) is 0 Å². The van der Waals surface area contributed by atoms with Crippen LogP contribution in [-0.4, -0.2) is 35.4 Å². The minimum absolute atomic E-state index is 0.0443. The Morgan fingerprint density at radius 2 is 1.40 bits per heavy atom. The van der Waals surface area contributed by atoms with Crippen LogP contribution in [-0.2, 0) is 40.4 Å². The van der Waals surface area contributed by atoms with E-state index in [1.807, 2.05) is 133 Å². The summed E-state index contributed by atoms with van der Waals surface area (Å²) in [5.74, 6) is -0.713. The highest BCUT2D eigenvalue weighted by molar-refractivity contribution is 6.01. The van der Waals surface area contributed by atoms with Gasteiger partial charge in [0.25, 0.3) is 5.91 Å². The summed E-state index contributed by atoms with van der Waals surface area (Å²) in [6.45, 7) is 4.32. The molecule has 1 heterocycles. The molecule has 4 amide bonds. The third-order valence-electron chi connectivity index (χ3n) is 9.21. The molecule has 0 spiro atoms. The Hall–Kier alpha value is -6.22. The molecule has 3 N–H and O–H groups in total. The predicted octanol–water partition coefficient (Wildman–Crippen LogP) is 7.34. The summed E-state index contributed by atoms with van der Waals surface area (Å²) < 4.78 is 5.35. The molecule has 9 nitrogen and oxygen atoms in total. The van der Waals surface area contributed by atoms with Crippen molar-refractivity contribution >= 4 is 29.5 Å². The Balaban J connectivity index is 1.11. The van der Waals surface area contributed by atoms with Crippen molar-refractivity contribution in [3.8, 4) is 11.1 Å². The first kappa shape index (κ1) is 36.6. The number of hydrogen-bond donors (Lipinski definition) is 3. The maximum atomic E-state index is 14.2. The van der Waals surface area contributed by atoms with Crippen molar-refractivity contribution in [1.29, 1.82) is 0 Å². The third-order valence-corrected chi connectivity index (χ3v) is 9.21. The summed E-state index contributed by atoms with van der Waals surface area (Å²) in [7, 11) is 0. The van der Waals surface area contributed by atoms with Gasteiger partial charge in [0, 0.05) is 29.8 Å². The van der Waals surface area contributed by atoms with Crippen LogP contribution in [0.4, 0.5) is 10.5 Å². The average Bonchev–Trinajstić information content (AvgIpc) is 3.29. The highest BCUT2D eigenvalue weighted by atomic mass is 16.5. The van der Waals surface area contributed by atoms with Gasteiger partial charge in [-0.2, -0.15) is 0 Å². The maximum Gasteiger partial charge on any atom is 0.407 e. The zero-order valence-electron chi connectivity index (χ0n) is 30.0. The number of fused-ring (bicyclic) bond motifs is 1. The lowest BCUT2D eigenvalue weighted by atomic mass is 9.98. The lowest BCUT2D eigenvalue weighted by Crippen LogP contribution is -2.51. The summed E-state index contributed by atoms with van der Waals surface area (Å²) in [5.41, 5.74) is 5.95. The maximum absolute atomic E-state index is 14.2. The largest absolute Gasteiger partial charge is 0.445 e. The highest BCUT2D eigenvalue weighted by Gasteiger charge is 2.33.